The van der Waals surface area contributed by atoms with Crippen molar-refractivity contribution in [3.8, 4) is 11.5 Å². The number of likely N-dealkylation sites (tertiary alicyclic amines) is 1. The highest BCUT2D eigenvalue weighted by atomic mass is 16.6. The summed E-state index contributed by atoms with van der Waals surface area (Å²) in [6.45, 7) is 4.41. The summed E-state index contributed by atoms with van der Waals surface area (Å²) in [7, 11) is 4.36. The molecule has 0 aliphatic carbocycles. The number of nitrogens with zero attached hydrogens (tertiary/aromatic N) is 2. The van der Waals surface area contributed by atoms with E-state index in [0.717, 1.165) is 30.0 Å². The smallest absolute Gasteiger partial charge is 0.161 e. The number of hydrogen-bond acceptors (Lipinski definition) is 5. The Labute approximate surface area is 138 Å². The van der Waals surface area contributed by atoms with Crippen molar-refractivity contribution in [2.45, 2.75) is 31.4 Å². The minimum absolute atomic E-state index is 0.459. The van der Waals surface area contributed by atoms with Crippen molar-refractivity contribution in [1.82, 2.24) is 9.80 Å². The molecule has 1 atom stereocenters. The van der Waals surface area contributed by atoms with Crippen LogP contribution in [0.15, 0.2) is 18.2 Å². The lowest BCUT2D eigenvalue weighted by Crippen LogP contribution is -2.42. The van der Waals surface area contributed by atoms with E-state index in [2.05, 4.69) is 23.9 Å². The van der Waals surface area contributed by atoms with Gasteiger partial charge in [-0.3, -0.25) is 0 Å². The summed E-state index contributed by atoms with van der Waals surface area (Å²) in [4.78, 5) is 4.78. The quantitative estimate of drug-likeness (QED) is 0.898. The second kappa shape index (κ2) is 7.51. The molecule has 3 rings (SSSR count). The predicted octanol–water partition coefficient (Wildman–Crippen LogP) is 1.91. The maximum Gasteiger partial charge on any atom is 0.161 e. The van der Waals surface area contributed by atoms with Gasteiger partial charge in [-0.2, -0.15) is 0 Å². The second-order valence-corrected chi connectivity index (χ2v) is 6.72. The molecule has 23 heavy (non-hydrogen) atoms. The minimum atomic E-state index is -0.459. The van der Waals surface area contributed by atoms with Crippen molar-refractivity contribution in [3.63, 3.8) is 0 Å². The Morgan fingerprint density at radius 1 is 1.22 bits per heavy atom. The molecule has 1 fully saturated rings. The van der Waals surface area contributed by atoms with Gasteiger partial charge in [-0.25, -0.2) is 0 Å². The van der Waals surface area contributed by atoms with Crippen molar-refractivity contribution in [3.05, 3.63) is 23.8 Å². The number of fused-ring (bicyclic) bond motifs is 1. The van der Waals surface area contributed by atoms with Gasteiger partial charge in [0.25, 0.3) is 0 Å². The van der Waals surface area contributed by atoms with Crippen LogP contribution < -0.4 is 9.47 Å². The molecular weight excluding hydrogens is 292 g/mol. The van der Waals surface area contributed by atoms with E-state index in [4.69, 9.17) is 9.47 Å². The molecule has 0 radical (unpaired) electrons. The number of piperidine rings is 1. The molecule has 1 aromatic rings. The van der Waals surface area contributed by atoms with Crippen molar-refractivity contribution in [2.24, 2.45) is 0 Å². The molecule has 0 saturated carbocycles. The van der Waals surface area contributed by atoms with Crippen LogP contribution in [0, 0.1) is 0 Å². The van der Waals surface area contributed by atoms with Gasteiger partial charge in [0.15, 0.2) is 11.5 Å². The zero-order valence-electron chi connectivity index (χ0n) is 14.2. The number of aliphatic hydroxyl groups is 1. The standard InChI is InChI=1S/C18H28N2O3/c1-19-8-5-15(6-9-19)20(2)10-7-16(21)14-3-4-17-18(13-14)23-12-11-22-17/h3-4,13,15-16,21H,5-12H2,1-2H3. The highest BCUT2D eigenvalue weighted by molar-refractivity contribution is 5.44. The van der Waals surface area contributed by atoms with Crippen LogP contribution in [0.2, 0.25) is 0 Å². The molecule has 0 bridgehead atoms. The van der Waals surface area contributed by atoms with Gasteiger partial charge in [0, 0.05) is 12.6 Å². The third-order valence-electron chi connectivity index (χ3n) is 5.02. The zero-order valence-corrected chi connectivity index (χ0v) is 14.2. The molecule has 2 heterocycles. The molecule has 2 aliphatic heterocycles. The van der Waals surface area contributed by atoms with Crippen LogP contribution in [-0.4, -0.2) is 67.9 Å². The van der Waals surface area contributed by atoms with Gasteiger partial charge >= 0.3 is 0 Å². The van der Waals surface area contributed by atoms with Gasteiger partial charge in [0.1, 0.15) is 13.2 Å². The summed E-state index contributed by atoms with van der Waals surface area (Å²) in [5.41, 5.74) is 0.908. The minimum Gasteiger partial charge on any atom is -0.486 e. The molecule has 1 saturated heterocycles. The first-order valence-electron chi connectivity index (χ1n) is 8.60. The van der Waals surface area contributed by atoms with Crippen LogP contribution in [-0.2, 0) is 0 Å². The molecule has 128 valence electrons. The highest BCUT2D eigenvalue weighted by Crippen LogP contribution is 2.33. The van der Waals surface area contributed by atoms with E-state index in [9.17, 15) is 5.11 Å². The first kappa shape index (κ1) is 16.6. The topological polar surface area (TPSA) is 45.2 Å². The normalized spacial score (nSPS) is 20.7. The second-order valence-electron chi connectivity index (χ2n) is 6.72. The van der Waals surface area contributed by atoms with Gasteiger partial charge in [-0.15, -0.1) is 0 Å². The molecule has 0 spiro atoms. The summed E-state index contributed by atoms with van der Waals surface area (Å²) in [6, 6.07) is 6.38. The van der Waals surface area contributed by atoms with Gasteiger partial charge in [-0.1, -0.05) is 6.07 Å². The number of aliphatic hydroxyl groups excluding tert-OH is 1. The first-order chi connectivity index (χ1) is 11.1. The van der Waals surface area contributed by atoms with E-state index in [-0.39, 0.29) is 0 Å². The van der Waals surface area contributed by atoms with Crippen molar-refractivity contribution in [1.29, 1.82) is 0 Å². The van der Waals surface area contributed by atoms with Gasteiger partial charge in [0.05, 0.1) is 6.10 Å². The maximum absolute atomic E-state index is 10.5. The molecule has 2 aliphatic rings. The monoisotopic (exact) mass is 320 g/mol. The fourth-order valence-electron chi connectivity index (χ4n) is 3.38. The number of hydrogen-bond donors (Lipinski definition) is 1. The van der Waals surface area contributed by atoms with Crippen molar-refractivity contribution < 1.29 is 14.6 Å². The summed E-state index contributed by atoms with van der Waals surface area (Å²) < 4.78 is 11.1. The van der Waals surface area contributed by atoms with Gasteiger partial charge < -0.3 is 24.4 Å². The van der Waals surface area contributed by atoms with Crippen LogP contribution in [0.25, 0.3) is 0 Å². The summed E-state index contributed by atoms with van der Waals surface area (Å²) >= 11 is 0. The lowest BCUT2D eigenvalue weighted by molar-refractivity contribution is 0.109. The Kier molecular flexibility index (Phi) is 5.41. The Bertz CT molecular complexity index is 515. The number of rotatable bonds is 5. The number of benzene rings is 1. The summed E-state index contributed by atoms with van der Waals surface area (Å²) in [5.74, 6) is 1.52. The van der Waals surface area contributed by atoms with Crippen molar-refractivity contribution in [2.75, 3.05) is 46.9 Å². The maximum atomic E-state index is 10.5. The Morgan fingerprint density at radius 3 is 2.65 bits per heavy atom. The average molecular weight is 320 g/mol. The van der Waals surface area contributed by atoms with Crippen LogP contribution in [0.3, 0.4) is 0 Å². The molecule has 0 aromatic heterocycles. The Hall–Kier alpha value is -1.30. The van der Waals surface area contributed by atoms with Crippen LogP contribution in [0.5, 0.6) is 11.5 Å². The first-order valence-corrected chi connectivity index (χ1v) is 8.60. The SMILES string of the molecule is CN1CCC(N(C)CCC(O)c2ccc3c(c2)OCCO3)CC1. The molecule has 5 nitrogen and oxygen atoms in total. The van der Waals surface area contributed by atoms with E-state index >= 15 is 0 Å². The van der Waals surface area contributed by atoms with E-state index < -0.39 is 6.10 Å². The van der Waals surface area contributed by atoms with Crippen LogP contribution >= 0.6 is 0 Å². The van der Waals surface area contributed by atoms with E-state index in [1.54, 1.807) is 0 Å². The molecule has 0 amide bonds. The molecule has 1 unspecified atom stereocenters. The Morgan fingerprint density at radius 2 is 1.91 bits per heavy atom. The summed E-state index contributed by atoms with van der Waals surface area (Å²) in [5, 5.41) is 10.5. The third-order valence-corrected chi connectivity index (χ3v) is 5.02. The molecule has 1 N–H and O–H groups in total. The molecule has 5 heteroatoms. The molecular formula is C18H28N2O3. The number of ether oxygens (including phenoxy) is 2. The summed E-state index contributed by atoms with van der Waals surface area (Å²) in [6.07, 6.45) is 2.71. The molecule has 1 aromatic carbocycles. The van der Waals surface area contributed by atoms with Crippen LogP contribution in [0.1, 0.15) is 30.9 Å². The third kappa shape index (κ3) is 4.16. The lowest BCUT2D eigenvalue weighted by Gasteiger charge is -2.35. The van der Waals surface area contributed by atoms with Gasteiger partial charge in [0.2, 0.25) is 0 Å². The highest BCUT2D eigenvalue weighted by Gasteiger charge is 2.21. The van der Waals surface area contributed by atoms with Crippen molar-refractivity contribution >= 4 is 0 Å². The van der Waals surface area contributed by atoms with E-state index in [0.29, 0.717) is 19.3 Å². The van der Waals surface area contributed by atoms with E-state index in [1.165, 1.54) is 25.9 Å². The van der Waals surface area contributed by atoms with Gasteiger partial charge in [-0.05, 0) is 64.1 Å². The largest absolute Gasteiger partial charge is 0.486 e. The van der Waals surface area contributed by atoms with E-state index in [1.807, 2.05) is 18.2 Å². The Balaban J connectivity index is 1.51. The fourth-order valence-corrected chi connectivity index (χ4v) is 3.38. The predicted molar refractivity (Wildman–Crippen MR) is 90.2 cm³/mol. The van der Waals surface area contributed by atoms with Crippen LogP contribution in [0.4, 0.5) is 0 Å². The fraction of sp³-hybridized carbons (Fsp3) is 0.667. The lowest BCUT2D eigenvalue weighted by atomic mass is 10.0. The average Bonchev–Trinajstić information content (AvgIpc) is 2.59. The zero-order chi connectivity index (χ0) is 16.2.